The molecule has 0 bridgehead atoms. The lowest BCUT2D eigenvalue weighted by Gasteiger charge is -2.35. The number of rotatable bonds is 8. The summed E-state index contributed by atoms with van der Waals surface area (Å²) in [5, 5.41) is 10.6. The van der Waals surface area contributed by atoms with Crippen LogP contribution in [0.4, 0.5) is 5.88 Å². The van der Waals surface area contributed by atoms with E-state index in [-0.39, 0.29) is 11.7 Å². The predicted molar refractivity (Wildman–Crippen MR) is 102 cm³/mol. The predicted octanol–water partition coefficient (Wildman–Crippen LogP) is 3.60. The van der Waals surface area contributed by atoms with Gasteiger partial charge in [-0.2, -0.15) is 0 Å². The topological polar surface area (TPSA) is 103 Å². The monoisotopic (exact) mass is 388 g/mol. The Morgan fingerprint density at radius 1 is 1.14 bits per heavy atom. The molecule has 0 atom stereocenters. The number of aryl methyl sites for hydroxylation is 1. The molecule has 8 nitrogen and oxygen atoms in total. The summed E-state index contributed by atoms with van der Waals surface area (Å²) in [5.41, 5.74) is 0.749. The van der Waals surface area contributed by atoms with E-state index in [9.17, 15) is 19.7 Å². The van der Waals surface area contributed by atoms with Crippen molar-refractivity contribution in [1.29, 1.82) is 0 Å². The third kappa shape index (κ3) is 5.94. The van der Waals surface area contributed by atoms with Crippen molar-refractivity contribution in [3.8, 4) is 0 Å². The van der Waals surface area contributed by atoms with Crippen molar-refractivity contribution in [3.05, 3.63) is 63.9 Å². The Hall–Kier alpha value is -3.16. The molecular formula is C20H24N2O6. The van der Waals surface area contributed by atoms with Crippen LogP contribution in [-0.2, 0) is 16.0 Å². The SMILES string of the molecule is CC(C)(C)N(CCCc1ccccc1)C(=O)COC(=O)c1ccc([N+](=O)[O-])o1. The molecule has 0 saturated carbocycles. The molecule has 2 rings (SSSR count). The summed E-state index contributed by atoms with van der Waals surface area (Å²) < 4.78 is 9.76. The molecule has 28 heavy (non-hydrogen) atoms. The van der Waals surface area contributed by atoms with Crippen LogP contribution in [0.1, 0.15) is 43.3 Å². The molecule has 0 N–H and O–H groups in total. The normalized spacial score (nSPS) is 11.1. The van der Waals surface area contributed by atoms with E-state index in [1.165, 1.54) is 5.56 Å². The van der Waals surface area contributed by atoms with E-state index in [2.05, 4.69) is 0 Å². The first kappa shape index (κ1) is 21.1. The molecule has 0 spiro atoms. The Labute approximate surface area is 163 Å². The second-order valence-electron chi connectivity index (χ2n) is 7.28. The van der Waals surface area contributed by atoms with Crippen molar-refractivity contribution in [1.82, 2.24) is 4.90 Å². The number of hydrogen-bond acceptors (Lipinski definition) is 6. The highest BCUT2D eigenvalue weighted by Crippen LogP contribution is 2.18. The average molecular weight is 388 g/mol. The molecule has 1 amide bonds. The van der Waals surface area contributed by atoms with E-state index in [0.717, 1.165) is 25.0 Å². The average Bonchev–Trinajstić information content (AvgIpc) is 3.13. The van der Waals surface area contributed by atoms with Crippen LogP contribution in [0.15, 0.2) is 46.9 Å². The molecule has 0 radical (unpaired) electrons. The Bertz CT molecular complexity index is 823. The summed E-state index contributed by atoms with van der Waals surface area (Å²) in [5.74, 6) is -2.13. The number of carbonyl (C=O) groups is 2. The molecule has 1 aromatic heterocycles. The summed E-state index contributed by atoms with van der Waals surface area (Å²) in [6.45, 7) is 5.78. The molecule has 0 aliphatic carbocycles. The first-order chi connectivity index (χ1) is 13.2. The summed E-state index contributed by atoms with van der Waals surface area (Å²) in [6, 6.07) is 12.2. The van der Waals surface area contributed by atoms with Crippen LogP contribution in [0, 0.1) is 10.1 Å². The van der Waals surface area contributed by atoms with Gasteiger partial charge in [0.2, 0.25) is 5.76 Å². The largest absolute Gasteiger partial charge is 0.450 e. The van der Waals surface area contributed by atoms with E-state index in [4.69, 9.17) is 9.15 Å². The molecule has 0 aliphatic rings. The first-order valence-electron chi connectivity index (χ1n) is 8.94. The molecule has 0 unspecified atom stereocenters. The highest BCUT2D eigenvalue weighted by molar-refractivity contribution is 5.89. The molecule has 1 heterocycles. The quantitative estimate of drug-likeness (QED) is 0.389. The lowest BCUT2D eigenvalue weighted by Crippen LogP contribution is -2.48. The fraction of sp³-hybridized carbons (Fsp3) is 0.400. The molecule has 1 aromatic carbocycles. The number of nitrogens with zero attached hydrogens (tertiary/aromatic N) is 2. The van der Waals surface area contributed by atoms with E-state index in [1.807, 2.05) is 51.1 Å². The Kier molecular flexibility index (Phi) is 6.92. The number of ether oxygens (including phenoxy) is 1. The van der Waals surface area contributed by atoms with Crippen molar-refractivity contribution in [2.75, 3.05) is 13.2 Å². The molecule has 0 aliphatic heterocycles. The van der Waals surface area contributed by atoms with Gasteiger partial charge in [-0.15, -0.1) is 0 Å². The maximum atomic E-state index is 12.6. The fourth-order valence-corrected chi connectivity index (χ4v) is 2.73. The molecule has 0 saturated heterocycles. The highest BCUT2D eigenvalue weighted by atomic mass is 16.7. The highest BCUT2D eigenvalue weighted by Gasteiger charge is 2.27. The van der Waals surface area contributed by atoms with Gasteiger partial charge in [0, 0.05) is 12.1 Å². The first-order valence-corrected chi connectivity index (χ1v) is 8.94. The lowest BCUT2D eigenvalue weighted by molar-refractivity contribution is -0.402. The zero-order chi connectivity index (χ0) is 20.7. The van der Waals surface area contributed by atoms with E-state index < -0.39 is 28.9 Å². The van der Waals surface area contributed by atoms with Crippen LogP contribution in [0.3, 0.4) is 0 Å². The van der Waals surface area contributed by atoms with Gasteiger partial charge < -0.3 is 14.1 Å². The molecular weight excluding hydrogens is 364 g/mol. The van der Waals surface area contributed by atoms with Crippen LogP contribution >= 0.6 is 0 Å². The summed E-state index contributed by atoms with van der Waals surface area (Å²) in [4.78, 5) is 36.0. The van der Waals surface area contributed by atoms with Crippen LogP contribution < -0.4 is 0 Å². The van der Waals surface area contributed by atoms with Crippen molar-refractivity contribution < 1.29 is 23.7 Å². The number of benzene rings is 1. The number of amides is 1. The zero-order valence-corrected chi connectivity index (χ0v) is 16.2. The van der Waals surface area contributed by atoms with Crippen LogP contribution in [0.2, 0.25) is 0 Å². The minimum atomic E-state index is -0.917. The van der Waals surface area contributed by atoms with Gasteiger partial charge in [-0.05, 0) is 45.2 Å². The smallest absolute Gasteiger partial charge is 0.433 e. The van der Waals surface area contributed by atoms with Gasteiger partial charge in [0.25, 0.3) is 5.91 Å². The van der Waals surface area contributed by atoms with Crippen LogP contribution in [-0.4, -0.2) is 40.4 Å². The van der Waals surface area contributed by atoms with Gasteiger partial charge in [-0.1, -0.05) is 30.3 Å². The van der Waals surface area contributed by atoms with Gasteiger partial charge in [0.15, 0.2) is 6.61 Å². The van der Waals surface area contributed by atoms with E-state index in [0.29, 0.717) is 6.54 Å². The van der Waals surface area contributed by atoms with Gasteiger partial charge in [0.05, 0.1) is 6.07 Å². The van der Waals surface area contributed by atoms with E-state index >= 15 is 0 Å². The number of nitro groups is 1. The second kappa shape index (κ2) is 9.16. The summed E-state index contributed by atoms with van der Waals surface area (Å²) in [7, 11) is 0. The maximum absolute atomic E-state index is 12.6. The number of carbonyl (C=O) groups excluding carboxylic acids is 2. The minimum absolute atomic E-state index is 0.314. The third-order valence-corrected chi connectivity index (χ3v) is 4.10. The van der Waals surface area contributed by atoms with E-state index in [1.54, 1.807) is 4.90 Å². The van der Waals surface area contributed by atoms with Crippen molar-refractivity contribution in [2.24, 2.45) is 0 Å². The van der Waals surface area contributed by atoms with Gasteiger partial charge in [-0.3, -0.25) is 14.9 Å². The van der Waals surface area contributed by atoms with Gasteiger partial charge >= 0.3 is 11.9 Å². The van der Waals surface area contributed by atoms with Crippen LogP contribution in [0.5, 0.6) is 0 Å². The summed E-state index contributed by atoms with van der Waals surface area (Å²) in [6.07, 6.45) is 1.60. The fourth-order valence-electron chi connectivity index (χ4n) is 2.73. The third-order valence-electron chi connectivity index (χ3n) is 4.10. The maximum Gasteiger partial charge on any atom is 0.433 e. The van der Waals surface area contributed by atoms with Crippen molar-refractivity contribution in [2.45, 2.75) is 39.2 Å². The minimum Gasteiger partial charge on any atom is -0.450 e. The number of furan rings is 1. The van der Waals surface area contributed by atoms with Crippen LogP contribution in [0.25, 0.3) is 0 Å². The Balaban J connectivity index is 1.91. The zero-order valence-electron chi connectivity index (χ0n) is 16.2. The summed E-state index contributed by atoms with van der Waals surface area (Å²) >= 11 is 0. The Morgan fingerprint density at radius 2 is 1.82 bits per heavy atom. The number of hydrogen-bond donors (Lipinski definition) is 0. The lowest BCUT2D eigenvalue weighted by atomic mass is 10.0. The van der Waals surface area contributed by atoms with Gasteiger partial charge in [-0.25, -0.2) is 4.79 Å². The molecule has 150 valence electrons. The number of esters is 1. The standard InChI is InChI=1S/C20H24N2O6/c1-20(2,3)21(13-7-10-15-8-5-4-6-9-15)17(23)14-27-19(24)16-11-12-18(28-16)22(25)26/h4-6,8-9,11-12H,7,10,13-14H2,1-3H3. The van der Waals surface area contributed by atoms with Crippen molar-refractivity contribution >= 4 is 17.8 Å². The molecule has 8 heteroatoms. The second-order valence-corrected chi connectivity index (χ2v) is 7.28. The Morgan fingerprint density at radius 3 is 2.39 bits per heavy atom. The van der Waals surface area contributed by atoms with Crippen molar-refractivity contribution in [3.63, 3.8) is 0 Å². The molecule has 0 fully saturated rings. The molecule has 2 aromatic rings. The van der Waals surface area contributed by atoms with Gasteiger partial charge in [0.1, 0.15) is 4.92 Å².